The van der Waals surface area contributed by atoms with Crippen molar-refractivity contribution in [3.63, 3.8) is 0 Å². The number of aliphatic hydroxyl groups is 1. The van der Waals surface area contributed by atoms with Crippen LogP contribution in [-0.2, 0) is 0 Å². The molecule has 10 heavy (non-hydrogen) atoms. The van der Waals surface area contributed by atoms with Crippen molar-refractivity contribution >= 4 is 23.2 Å². The molecule has 1 nitrogen and oxygen atoms in total. The monoisotopic (exact) mass is 184 g/mol. The van der Waals surface area contributed by atoms with E-state index in [-0.39, 0.29) is 12.0 Å². The van der Waals surface area contributed by atoms with Crippen LogP contribution in [0.4, 0.5) is 0 Å². The maximum atomic E-state index is 8.46. The summed E-state index contributed by atoms with van der Waals surface area (Å²) in [6, 6.07) is 0. The van der Waals surface area contributed by atoms with E-state index >= 15 is 0 Å². The molecule has 0 aromatic heterocycles. The zero-order valence-corrected chi connectivity index (χ0v) is 7.53. The lowest BCUT2D eigenvalue weighted by atomic mass is 10.1. The lowest BCUT2D eigenvalue weighted by Gasteiger charge is -2.05. The predicted molar refractivity (Wildman–Crippen MR) is 45.9 cm³/mol. The van der Waals surface area contributed by atoms with Gasteiger partial charge in [0.15, 0.2) is 0 Å². The average molecular weight is 185 g/mol. The first-order valence-corrected chi connectivity index (χ1v) is 4.59. The number of hydrogen-bond acceptors (Lipinski definition) is 1. The van der Waals surface area contributed by atoms with Crippen molar-refractivity contribution in [2.24, 2.45) is 0 Å². The molecule has 1 N–H and O–H groups in total. The van der Waals surface area contributed by atoms with Crippen molar-refractivity contribution in [3.8, 4) is 0 Å². The maximum Gasteiger partial charge on any atom is 0.0431 e. The molecule has 0 aromatic rings. The Morgan fingerprint density at radius 2 is 1.80 bits per heavy atom. The summed E-state index contributed by atoms with van der Waals surface area (Å²) in [5.41, 5.74) is 0. The second-order valence-corrected chi connectivity index (χ2v) is 3.29. The molecule has 0 bridgehead atoms. The van der Waals surface area contributed by atoms with Gasteiger partial charge < -0.3 is 5.11 Å². The van der Waals surface area contributed by atoms with Gasteiger partial charge in [0, 0.05) is 17.9 Å². The number of aliphatic hydroxyl groups excluding tert-OH is 1. The predicted octanol–water partition coefficient (Wildman–Crippen LogP) is 2.39. The van der Waals surface area contributed by atoms with E-state index in [1.165, 1.54) is 0 Å². The second-order valence-electron chi connectivity index (χ2n) is 2.29. The molecule has 3 heteroatoms. The van der Waals surface area contributed by atoms with Gasteiger partial charge in [-0.25, -0.2) is 0 Å². The van der Waals surface area contributed by atoms with Gasteiger partial charge in [-0.3, -0.25) is 0 Å². The first kappa shape index (κ1) is 10.5. The van der Waals surface area contributed by atoms with Crippen LogP contribution in [0.2, 0.25) is 0 Å². The molecule has 0 fully saturated rings. The van der Waals surface area contributed by atoms with Gasteiger partial charge >= 0.3 is 0 Å². The normalized spacial score (nSPS) is 13.5. The largest absolute Gasteiger partial charge is 0.396 e. The van der Waals surface area contributed by atoms with Crippen molar-refractivity contribution in [2.75, 3.05) is 12.5 Å². The summed E-state index contributed by atoms with van der Waals surface area (Å²) >= 11 is 11.3. The van der Waals surface area contributed by atoms with Crippen LogP contribution < -0.4 is 0 Å². The summed E-state index contributed by atoms with van der Waals surface area (Å²) < 4.78 is 0. The highest BCUT2D eigenvalue weighted by Crippen LogP contribution is 2.11. The van der Waals surface area contributed by atoms with Crippen molar-refractivity contribution in [2.45, 2.75) is 31.1 Å². The zero-order chi connectivity index (χ0) is 7.82. The van der Waals surface area contributed by atoms with Gasteiger partial charge in [0.25, 0.3) is 0 Å². The molecular weight excluding hydrogens is 171 g/mol. The van der Waals surface area contributed by atoms with Crippen molar-refractivity contribution in [3.05, 3.63) is 0 Å². The molecule has 0 amide bonds. The molecule has 0 rings (SSSR count). The van der Waals surface area contributed by atoms with Gasteiger partial charge in [-0.05, 0) is 25.7 Å². The number of hydrogen-bond donors (Lipinski definition) is 1. The summed E-state index contributed by atoms with van der Waals surface area (Å²) in [5.74, 6) is 0.683. The van der Waals surface area contributed by atoms with Crippen LogP contribution in [-0.4, -0.2) is 23.0 Å². The molecule has 0 saturated heterocycles. The first-order valence-electron chi connectivity index (χ1n) is 3.62. The molecule has 0 saturated carbocycles. The Morgan fingerprint density at radius 1 is 1.20 bits per heavy atom. The van der Waals surface area contributed by atoms with Crippen molar-refractivity contribution < 1.29 is 5.11 Å². The van der Waals surface area contributed by atoms with E-state index in [0.29, 0.717) is 5.88 Å². The van der Waals surface area contributed by atoms with E-state index in [1.807, 2.05) is 0 Å². The van der Waals surface area contributed by atoms with Gasteiger partial charge in [-0.1, -0.05) is 0 Å². The maximum absolute atomic E-state index is 8.46. The minimum Gasteiger partial charge on any atom is -0.396 e. The van der Waals surface area contributed by atoms with Crippen LogP contribution in [0.5, 0.6) is 0 Å². The minimum absolute atomic E-state index is 0.200. The molecule has 0 aromatic carbocycles. The van der Waals surface area contributed by atoms with Crippen LogP contribution in [0.1, 0.15) is 25.7 Å². The third-order valence-corrected chi connectivity index (χ3v) is 2.03. The summed E-state index contributed by atoms with van der Waals surface area (Å²) in [7, 11) is 0. The summed E-state index contributed by atoms with van der Waals surface area (Å²) in [6.45, 7) is 0.240. The van der Waals surface area contributed by atoms with Crippen LogP contribution in [0, 0.1) is 0 Å². The molecule has 1 atom stereocenters. The van der Waals surface area contributed by atoms with E-state index in [2.05, 4.69) is 0 Å². The van der Waals surface area contributed by atoms with Crippen LogP contribution >= 0.6 is 23.2 Å². The Hall–Kier alpha value is 0.540. The lowest BCUT2D eigenvalue weighted by Crippen LogP contribution is -2.00. The van der Waals surface area contributed by atoms with Crippen molar-refractivity contribution in [1.29, 1.82) is 0 Å². The van der Waals surface area contributed by atoms with E-state index < -0.39 is 0 Å². The van der Waals surface area contributed by atoms with Crippen LogP contribution in [0.25, 0.3) is 0 Å². The molecule has 62 valence electrons. The first-order chi connectivity index (χ1) is 4.81. The van der Waals surface area contributed by atoms with Gasteiger partial charge in [-0.15, -0.1) is 23.2 Å². The Morgan fingerprint density at radius 3 is 2.30 bits per heavy atom. The third-order valence-electron chi connectivity index (χ3n) is 1.33. The fourth-order valence-electron chi connectivity index (χ4n) is 0.756. The van der Waals surface area contributed by atoms with E-state index in [4.69, 9.17) is 28.3 Å². The topological polar surface area (TPSA) is 20.2 Å². The minimum atomic E-state index is 0.200. The average Bonchev–Trinajstić information content (AvgIpc) is 1.97. The Kier molecular flexibility index (Phi) is 8.06. The molecular formula is C7H14Cl2O. The highest BCUT2D eigenvalue weighted by molar-refractivity contribution is 6.20. The summed E-state index contributed by atoms with van der Waals surface area (Å²) in [6.07, 6.45) is 3.64. The Labute approximate surface area is 72.3 Å². The molecule has 1 unspecified atom stereocenters. The number of halogens is 2. The summed E-state index contributed by atoms with van der Waals surface area (Å²) in [5, 5.41) is 8.66. The van der Waals surface area contributed by atoms with E-state index in [1.54, 1.807) is 0 Å². The van der Waals surface area contributed by atoms with Gasteiger partial charge in [0.05, 0.1) is 0 Å². The van der Waals surface area contributed by atoms with Gasteiger partial charge in [0.1, 0.15) is 0 Å². The quantitative estimate of drug-likeness (QED) is 0.630. The second kappa shape index (κ2) is 7.64. The molecule has 0 aliphatic heterocycles. The Bertz CT molecular complexity index is 60.6. The SMILES string of the molecule is OCCCC(Cl)CCCCl. The Balaban J connectivity index is 3.00. The van der Waals surface area contributed by atoms with Crippen LogP contribution in [0.15, 0.2) is 0 Å². The smallest absolute Gasteiger partial charge is 0.0431 e. The van der Waals surface area contributed by atoms with Gasteiger partial charge in [-0.2, -0.15) is 0 Å². The standard InChI is InChI=1S/C7H14Cl2O/c8-5-1-3-7(9)4-2-6-10/h7,10H,1-6H2. The van der Waals surface area contributed by atoms with Crippen LogP contribution in [0.3, 0.4) is 0 Å². The molecule has 0 aliphatic carbocycles. The number of rotatable bonds is 6. The molecule has 0 heterocycles. The number of alkyl halides is 2. The zero-order valence-electron chi connectivity index (χ0n) is 6.02. The van der Waals surface area contributed by atoms with E-state index in [0.717, 1.165) is 25.7 Å². The molecule has 0 spiro atoms. The molecule has 0 radical (unpaired) electrons. The fourth-order valence-corrected chi connectivity index (χ4v) is 1.22. The summed E-state index contributed by atoms with van der Waals surface area (Å²) in [4.78, 5) is 0. The highest BCUT2D eigenvalue weighted by atomic mass is 35.5. The third kappa shape index (κ3) is 6.66. The van der Waals surface area contributed by atoms with Gasteiger partial charge in [0.2, 0.25) is 0 Å². The van der Waals surface area contributed by atoms with Crippen molar-refractivity contribution in [1.82, 2.24) is 0 Å². The highest BCUT2D eigenvalue weighted by Gasteiger charge is 2.01. The van der Waals surface area contributed by atoms with E-state index in [9.17, 15) is 0 Å². The molecule has 0 aliphatic rings. The lowest BCUT2D eigenvalue weighted by molar-refractivity contribution is 0.283. The fraction of sp³-hybridized carbons (Fsp3) is 1.00.